The standard InChI is InChI=1S/C36H44N4O5/c1-40(34(42)16-10-22-38-33-15-8-9-21-37-33)29-19-17-27(18-20-29)24-32(36(44)45)39-35(43)31-14-7-3-6-13-28(31)25-30(41)23-26-11-4-2-5-12-26/h2,4-5,8-9,11-12,15,17-21,28,31-32H,3,6-7,10,13-14,16,22-25H2,1H3,(H,37,38)(H,39,43)(H,44,45). The first-order chi connectivity index (χ1) is 21.8. The molecule has 0 radical (unpaired) electrons. The zero-order valence-electron chi connectivity index (χ0n) is 26.0. The Morgan fingerprint density at radius 1 is 0.911 bits per heavy atom. The Labute approximate surface area is 265 Å². The smallest absolute Gasteiger partial charge is 0.326 e. The topological polar surface area (TPSA) is 129 Å². The first-order valence-corrected chi connectivity index (χ1v) is 15.9. The van der Waals surface area contributed by atoms with Crippen molar-refractivity contribution in [1.29, 1.82) is 0 Å². The van der Waals surface area contributed by atoms with Crippen LogP contribution in [0.4, 0.5) is 11.5 Å². The Morgan fingerprint density at radius 3 is 2.36 bits per heavy atom. The van der Waals surface area contributed by atoms with Crippen molar-refractivity contribution in [3.63, 3.8) is 0 Å². The molecule has 3 aromatic rings. The summed E-state index contributed by atoms with van der Waals surface area (Å²) < 4.78 is 0. The van der Waals surface area contributed by atoms with Crippen LogP contribution in [0.5, 0.6) is 0 Å². The predicted molar refractivity (Wildman–Crippen MR) is 175 cm³/mol. The molecule has 3 N–H and O–H groups in total. The highest BCUT2D eigenvalue weighted by Gasteiger charge is 2.33. The Bertz CT molecular complexity index is 1400. The van der Waals surface area contributed by atoms with Gasteiger partial charge in [0.1, 0.15) is 17.6 Å². The van der Waals surface area contributed by atoms with E-state index in [0.717, 1.165) is 42.6 Å². The minimum Gasteiger partial charge on any atom is -0.480 e. The molecule has 0 saturated heterocycles. The van der Waals surface area contributed by atoms with Gasteiger partial charge in [-0.25, -0.2) is 9.78 Å². The summed E-state index contributed by atoms with van der Waals surface area (Å²) in [5.74, 6) is -1.04. The highest BCUT2D eigenvalue weighted by molar-refractivity contribution is 5.92. The van der Waals surface area contributed by atoms with Crippen molar-refractivity contribution in [1.82, 2.24) is 10.3 Å². The average molecular weight is 613 g/mol. The molecule has 45 heavy (non-hydrogen) atoms. The zero-order valence-corrected chi connectivity index (χ0v) is 26.0. The minimum absolute atomic E-state index is 0.0264. The number of hydrogen-bond acceptors (Lipinski definition) is 6. The summed E-state index contributed by atoms with van der Waals surface area (Å²) in [6, 6.07) is 21.3. The molecule has 2 aromatic carbocycles. The van der Waals surface area contributed by atoms with Crippen LogP contribution in [0.3, 0.4) is 0 Å². The molecule has 3 atom stereocenters. The maximum absolute atomic E-state index is 13.5. The van der Waals surface area contributed by atoms with E-state index in [1.165, 1.54) is 0 Å². The molecule has 238 valence electrons. The third-order valence-electron chi connectivity index (χ3n) is 8.52. The number of Topliss-reactive ketones (excluding diaryl/α,β-unsaturated/α-hetero) is 1. The fourth-order valence-electron chi connectivity index (χ4n) is 5.97. The highest BCUT2D eigenvalue weighted by Crippen LogP contribution is 2.32. The quantitative estimate of drug-likeness (QED) is 0.154. The number of hydrogen-bond donors (Lipinski definition) is 3. The number of pyridine rings is 1. The van der Waals surface area contributed by atoms with Crippen molar-refractivity contribution in [2.24, 2.45) is 11.8 Å². The molecule has 1 heterocycles. The molecule has 1 aliphatic carbocycles. The summed E-state index contributed by atoms with van der Waals surface area (Å²) >= 11 is 0. The van der Waals surface area contributed by atoms with E-state index in [2.05, 4.69) is 15.6 Å². The molecule has 9 nitrogen and oxygen atoms in total. The number of nitrogens with one attached hydrogen (secondary N) is 2. The fourth-order valence-corrected chi connectivity index (χ4v) is 5.97. The van der Waals surface area contributed by atoms with Crippen molar-refractivity contribution in [2.75, 3.05) is 23.8 Å². The summed E-state index contributed by atoms with van der Waals surface area (Å²) in [7, 11) is 1.72. The molecule has 0 spiro atoms. The molecule has 1 aliphatic rings. The molecule has 9 heteroatoms. The van der Waals surface area contributed by atoms with Gasteiger partial charge in [-0.15, -0.1) is 0 Å². The third-order valence-corrected chi connectivity index (χ3v) is 8.52. The van der Waals surface area contributed by atoms with Crippen LogP contribution in [0.25, 0.3) is 0 Å². The lowest BCUT2D eigenvalue weighted by Crippen LogP contribution is -2.46. The van der Waals surface area contributed by atoms with Crippen LogP contribution in [0.1, 0.15) is 62.5 Å². The molecule has 3 unspecified atom stereocenters. The van der Waals surface area contributed by atoms with E-state index in [1.807, 2.05) is 48.5 Å². The summed E-state index contributed by atoms with van der Waals surface area (Å²) in [5, 5.41) is 16.0. The van der Waals surface area contributed by atoms with E-state index in [-0.39, 0.29) is 29.9 Å². The number of nitrogens with zero attached hydrogens (tertiary/aromatic N) is 2. The third kappa shape index (κ3) is 10.6. The van der Waals surface area contributed by atoms with Crippen molar-refractivity contribution >= 4 is 35.1 Å². The molecule has 1 aromatic heterocycles. The highest BCUT2D eigenvalue weighted by atomic mass is 16.4. The van der Waals surface area contributed by atoms with Crippen molar-refractivity contribution in [2.45, 2.75) is 70.3 Å². The first-order valence-electron chi connectivity index (χ1n) is 15.9. The summed E-state index contributed by atoms with van der Waals surface area (Å²) in [6.45, 7) is 0.628. The maximum atomic E-state index is 13.5. The van der Waals surface area contributed by atoms with E-state index in [0.29, 0.717) is 44.3 Å². The van der Waals surface area contributed by atoms with Gasteiger partial charge in [0.15, 0.2) is 0 Å². The normalized spacial score (nSPS) is 17.0. The van der Waals surface area contributed by atoms with E-state index in [9.17, 15) is 24.3 Å². The van der Waals surface area contributed by atoms with E-state index >= 15 is 0 Å². The predicted octanol–water partition coefficient (Wildman–Crippen LogP) is 5.45. The second-order valence-corrected chi connectivity index (χ2v) is 11.9. The van der Waals surface area contributed by atoms with Crippen molar-refractivity contribution in [3.8, 4) is 0 Å². The number of amides is 2. The second-order valence-electron chi connectivity index (χ2n) is 11.9. The number of carbonyl (C=O) groups excluding carboxylic acids is 3. The Kier molecular flexibility index (Phi) is 12.7. The molecular formula is C36H44N4O5. The SMILES string of the molecule is CN(C(=O)CCCNc1ccccn1)c1ccc(CC(NC(=O)C2CCCCCC2CC(=O)Cc2ccccc2)C(=O)O)cc1. The van der Waals surface area contributed by atoms with E-state index < -0.39 is 17.9 Å². The van der Waals surface area contributed by atoms with Gasteiger partial charge in [0.25, 0.3) is 0 Å². The monoisotopic (exact) mass is 612 g/mol. The van der Waals surface area contributed by atoms with Gasteiger partial charge in [-0.3, -0.25) is 14.4 Å². The average Bonchev–Trinajstić information content (AvgIpc) is 3.29. The van der Waals surface area contributed by atoms with Crippen LogP contribution in [0.15, 0.2) is 79.0 Å². The summed E-state index contributed by atoms with van der Waals surface area (Å²) in [6.07, 6.45) is 7.77. The Morgan fingerprint density at radius 2 is 1.64 bits per heavy atom. The zero-order chi connectivity index (χ0) is 32.0. The Balaban J connectivity index is 1.29. The number of carboxylic acid groups (broad SMARTS) is 1. The van der Waals surface area contributed by atoms with E-state index in [1.54, 1.807) is 42.4 Å². The summed E-state index contributed by atoms with van der Waals surface area (Å²) in [4.78, 5) is 57.1. The van der Waals surface area contributed by atoms with Gasteiger partial charge in [0, 0.05) is 57.1 Å². The molecule has 1 fully saturated rings. The number of anilines is 2. The Hall–Kier alpha value is -4.53. The summed E-state index contributed by atoms with van der Waals surface area (Å²) in [5.41, 5.74) is 2.40. The maximum Gasteiger partial charge on any atom is 0.326 e. The number of carbonyl (C=O) groups is 4. The second kappa shape index (κ2) is 17.1. The fraction of sp³-hybridized carbons (Fsp3) is 0.417. The number of ketones is 1. The van der Waals surface area contributed by atoms with Crippen molar-refractivity contribution in [3.05, 3.63) is 90.1 Å². The number of aliphatic carboxylic acids is 1. The first kappa shape index (κ1) is 33.4. The molecule has 2 amide bonds. The molecule has 1 saturated carbocycles. The molecule has 4 rings (SSSR count). The van der Waals surface area contributed by atoms with Crippen LogP contribution >= 0.6 is 0 Å². The molecule has 0 bridgehead atoms. The number of benzene rings is 2. The van der Waals surface area contributed by atoms with Crippen LogP contribution in [-0.2, 0) is 32.0 Å². The lowest BCUT2D eigenvalue weighted by Gasteiger charge is -2.26. The van der Waals surface area contributed by atoms with Crippen molar-refractivity contribution < 1.29 is 24.3 Å². The van der Waals surface area contributed by atoms with Gasteiger partial charge in [-0.05, 0) is 60.6 Å². The van der Waals surface area contributed by atoms with Gasteiger partial charge < -0.3 is 20.6 Å². The van der Waals surface area contributed by atoms with Crippen LogP contribution in [0.2, 0.25) is 0 Å². The van der Waals surface area contributed by atoms with Gasteiger partial charge in [-0.1, -0.05) is 67.8 Å². The largest absolute Gasteiger partial charge is 0.480 e. The van der Waals surface area contributed by atoms with Gasteiger partial charge in [0.2, 0.25) is 11.8 Å². The van der Waals surface area contributed by atoms with Crippen LogP contribution in [-0.4, -0.2) is 53.3 Å². The molecule has 0 aliphatic heterocycles. The van der Waals surface area contributed by atoms with Gasteiger partial charge >= 0.3 is 5.97 Å². The van der Waals surface area contributed by atoms with Gasteiger partial charge in [-0.2, -0.15) is 0 Å². The number of rotatable bonds is 15. The number of carboxylic acids is 1. The lowest BCUT2D eigenvalue weighted by molar-refractivity contribution is -0.143. The van der Waals surface area contributed by atoms with Gasteiger partial charge in [0.05, 0.1) is 0 Å². The minimum atomic E-state index is -1.11. The number of aromatic nitrogens is 1. The lowest BCUT2D eigenvalue weighted by atomic mass is 9.82. The van der Waals surface area contributed by atoms with Crippen LogP contribution < -0.4 is 15.5 Å². The van der Waals surface area contributed by atoms with E-state index in [4.69, 9.17) is 0 Å². The molecular weight excluding hydrogens is 568 g/mol. The van der Waals surface area contributed by atoms with Crippen LogP contribution in [0, 0.1) is 11.8 Å².